The minimum atomic E-state index is -0.601. The van der Waals surface area contributed by atoms with Crippen molar-refractivity contribution < 1.29 is 14.7 Å². The monoisotopic (exact) mass is 270 g/mol. The maximum absolute atomic E-state index is 13.0. The zero-order chi connectivity index (χ0) is 14.5. The van der Waals surface area contributed by atoms with Crippen LogP contribution in [0.4, 0.5) is 0 Å². The Morgan fingerprint density at radius 3 is 1.68 bits per heavy atom. The summed E-state index contributed by atoms with van der Waals surface area (Å²) in [5.74, 6) is -0.490. The molecule has 2 fully saturated rings. The molecule has 1 radical (unpaired) electrons. The average molecular weight is 270 g/mol. The third kappa shape index (κ3) is 1.73. The standard InChI is InChI=1S/C15H28NO3/c1-7-13(5)11(3)15(18-9-10-19-15)12(4)14(6,8-2)16(13)17/h11-12H,7-10H2,1-6H3. The number of piperidine rings is 1. The van der Waals surface area contributed by atoms with Crippen LogP contribution in [-0.4, -0.2) is 35.1 Å². The molecule has 111 valence electrons. The van der Waals surface area contributed by atoms with Crippen molar-refractivity contribution in [3.05, 3.63) is 0 Å². The van der Waals surface area contributed by atoms with Crippen LogP contribution in [-0.2, 0) is 14.7 Å². The summed E-state index contributed by atoms with van der Waals surface area (Å²) in [5.41, 5.74) is -0.886. The first-order valence-electron chi connectivity index (χ1n) is 7.55. The first-order valence-corrected chi connectivity index (χ1v) is 7.55. The predicted octanol–water partition coefficient (Wildman–Crippen LogP) is 3.00. The molecule has 4 atom stereocenters. The third-order valence-corrected chi connectivity index (χ3v) is 6.17. The summed E-state index contributed by atoms with van der Waals surface area (Å²) in [5, 5.41) is 14.3. The molecule has 19 heavy (non-hydrogen) atoms. The van der Waals surface area contributed by atoms with Crippen LogP contribution < -0.4 is 0 Å². The van der Waals surface area contributed by atoms with Gasteiger partial charge >= 0.3 is 0 Å². The van der Waals surface area contributed by atoms with Crippen LogP contribution in [0.5, 0.6) is 0 Å². The molecule has 2 aliphatic heterocycles. The minimum absolute atomic E-state index is 0.0552. The second kappa shape index (κ2) is 4.69. The van der Waals surface area contributed by atoms with E-state index in [2.05, 4.69) is 41.5 Å². The lowest BCUT2D eigenvalue weighted by Gasteiger charge is -2.62. The van der Waals surface area contributed by atoms with Crippen LogP contribution >= 0.6 is 0 Å². The largest absolute Gasteiger partial charge is 0.347 e. The Morgan fingerprint density at radius 1 is 1.00 bits per heavy atom. The van der Waals surface area contributed by atoms with Crippen molar-refractivity contribution in [1.29, 1.82) is 0 Å². The molecule has 4 unspecified atom stereocenters. The van der Waals surface area contributed by atoms with Crippen LogP contribution in [0.1, 0.15) is 54.4 Å². The first kappa shape index (κ1) is 15.2. The van der Waals surface area contributed by atoms with Gasteiger partial charge < -0.3 is 9.47 Å². The SMILES string of the molecule is CCC1(C)C(C)C2(OCCO2)C(C)C(C)(CC)N1[O]. The van der Waals surface area contributed by atoms with Crippen LogP contribution in [0, 0.1) is 11.8 Å². The molecular formula is C15H28NO3. The highest BCUT2D eigenvalue weighted by Gasteiger charge is 2.66. The van der Waals surface area contributed by atoms with Crippen molar-refractivity contribution in [2.75, 3.05) is 13.2 Å². The molecule has 0 aromatic heterocycles. The van der Waals surface area contributed by atoms with E-state index in [0.717, 1.165) is 12.8 Å². The topological polar surface area (TPSA) is 41.6 Å². The van der Waals surface area contributed by atoms with E-state index < -0.39 is 16.9 Å². The average Bonchev–Trinajstić information content (AvgIpc) is 2.92. The van der Waals surface area contributed by atoms with Gasteiger partial charge in [0.25, 0.3) is 0 Å². The highest BCUT2D eigenvalue weighted by atomic mass is 16.7. The number of nitrogens with zero attached hydrogens (tertiary/aromatic N) is 1. The minimum Gasteiger partial charge on any atom is -0.347 e. The molecule has 1 spiro atoms. The molecule has 0 bridgehead atoms. The Bertz CT molecular complexity index is 316. The molecule has 0 N–H and O–H groups in total. The maximum atomic E-state index is 13.0. The van der Waals surface area contributed by atoms with Crippen molar-refractivity contribution in [3.8, 4) is 0 Å². The Kier molecular flexibility index (Phi) is 3.76. The molecule has 0 saturated carbocycles. The smallest absolute Gasteiger partial charge is 0.177 e. The quantitative estimate of drug-likeness (QED) is 0.774. The molecule has 0 amide bonds. The lowest BCUT2D eigenvalue weighted by atomic mass is 9.62. The summed E-state index contributed by atoms with van der Waals surface area (Å²) >= 11 is 0. The Morgan fingerprint density at radius 2 is 1.37 bits per heavy atom. The highest BCUT2D eigenvalue weighted by Crippen LogP contribution is 2.55. The third-order valence-electron chi connectivity index (χ3n) is 6.17. The van der Waals surface area contributed by atoms with Gasteiger partial charge in [-0.05, 0) is 26.7 Å². The van der Waals surface area contributed by atoms with E-state index >= 15 is 0 Å². The van der Waals surface area contributed by atoms with Gasteiger partial charge in [-0.3, -0.25) is 0 Å². The number of hydroxylamine groups is 2. The summed E-state index contributed by atoms with van der Waals surface area (Å²) < 4.78 is 12.1. The van der Waals surface area contributed by atoms with Crippen LogP contribution in [0.15, 0.2) is 0 Å². The lowest BCUT2D eigenvalue weighted by Crippen LogP contribution is -2.74. The predicted molar refractivity (Wildman–Crippen MR) is 72.9 cm³/mol. The van der Waals surface area contributed by atoms with Crippen molar-refractivity contribution in [1.82, 2.24) is 5.06 Å². The maximum Gasteiger partial charge on any atom is 0.177 e. The Balaban J connectivity index is 2.52. The molecule has 0 aliphatic carbocycles. The van der Waals surface area contributed by atoms with Gasteiger partial charge in [-0.1, -0.05) is 27.7 Å². The summed E-state index contributed by atoms with van der Waals surface area (Å²) in [6, 6.07) is 0. The van der Waals surface area contributed by atoms with E-state index in [4.69, 9.17) is 9.47 Å². The molecule has 0 aromatic carbocycles. The van der Waals surface area contributed by atoms with E-state index in [1.807, 2.05) is 0 Å². The van der Waals surface area contributed by atoms with Crippen LogP contribution in [0.3, 0.4) is 0 Å². The van der Waals surface area contributed by atoms with Gasteiger partial charge in [-0.25, -0.2) is 0 Å². The van der Waals surface area contributed by atoms with Crippen molar-refractivity contribution >= 4 is 0 Å². The normalized spacial score (nSPS) is 46.9. The number of rotatable bonds is 2. The molecule has 2 aliphatic rings. The van der Waals surface area contributed by atoms with Gasteiger partial charge in [0, 0.05) is 11.8 Å². The lowest BCUT2D eigenvalue weighted by molar-refractivity contribution is -0.394. The van der Waals surface area contributed by atoms with Crippen molar-refractivity contribution in [3.63, 3.8) is 0 Å². The molecule has 2 saturated heterocycles. The molecule has 4 heteroatoms. The van der Waals surface area contributed by atoms with Crippen molar-refractivity contribution in [2.45, 2.75) is 71.2 Å². The van der Waals surface area contributed by atoms with Gasteiger partial charge in [0.05, 0.1) is 24.3 Å². The van der Waals surface area contributed by atoms with Gasteiger partial charge in [0.15, 0.2) is 5.79 Å². The van der Waals surface area contributed by atoms with Gasteiger partial charge in [0.1, 0.15) is 0 Å². The summed E-state index contributed by atoms with van der Waals surface area (Å²) in [4.78, 5) is 0. The zero-order valence-electron chi connectivity index (χ0n) is 13.2. The second-order valence-electron chi connectivity index (χ2n) is 6.58. The summed E-state index contributed by atoms with van der Waals surface area (Å²) in [6.45, 7) is 13.7. The van der Waals surface area contributed by atoms with E-state index in [-0.39, 0.29) is 11.8 Å². The number of ether oxygens (including phenoxy) is 2. The van der Waals surface area contributed by atoms with Crippen LogP contribution in [0.2, 0.25) is 0 Å². The van der Waals surface area contributed by atoms with E-state index in [9.17, 15) is 5.21 Å². The van der Waals surface area contributed by atoms with E-state index in [0.29, 0.717) is 13.2 Å². The van der Waals surface area contributed by atoms with Crippen molar-refractivity contribution in [2.24, 2.45) is 11.8 Å². The molecule has 2 rings (SSSR count). The summed E-state index contributed by atoms with van der Waals surface area (Å²) in [6.07, 6.45) is 1.60. The van der Waals surface area contributed by atoms with Gasteiger partial charge in [-0.2, -0.15) is 0 Å². The fourth-order valence-electron chi connectivity index (χ4n) is 4.02. The fraction of sp³-hybridized carbons (Fsp3) is 1.00. The first-order chi connectivity index (χ1) is 8.79. The Labute approximate surface area is 117 Å². The van der Waals surface area contributed by atoms with E-state index in [1.165, 1.54) is 5.06 Å². The molecular weight excluding hydrogens is 242 g/mol. The number of hydrogen-bond donors (Lipinski definition) is 0. The fourth-order valence-corrected chi connectivity index (χ4v) is 4.02. The summed E-state index contributed by atoms with van der Waals surface area (Å²) in [7, 11) is 0. The zero-order valence-corrected chi connectivity index (χ0v) is 13.2. The Hall–Kier alpha value is -0.160. The van der Waals surface area contributed by atoms with Gasteiger partial charge in [-0.15, -0.1) is 10.3 Å². The second-order valence-corrected chi connectivity index (χ2v) is 6.58. The van der Waals surface area contributed by atoms with Crippen LogP contribution in [0.25, 0.3) is 0 Å². The highest BCUT2D eigenvalue weighted by molar-refractivity contribution is 5.11. The molecule has 2 heterocycles. The molecule has 0 aromatic rings. The van der Waals surface area contributed by atoms with Gasteiger partial charge in [0.2, 0.25) is 0 Å². The molecule has 4 nitrogen and oxygen atoms in total. The van der Waals surface area contributed by atoms with E-state index in [1.54, 1.807) is 0 Å². The number of hydrogen-bond acceptors (Lipinski definition) is 3.